The van der Waals surface area contributed by atoms with Crippen molar-refractivity contribution in [2.24, 2.45) is 0 Å². The SMILES string of the molecule is S=C(NCCCCCCN1CCC2(CCc3ccccc32)CC1)Nc1cccc2ccccc12. The number of anilines is 1. The van der Waals surface area contributed by atoms with Gasteiger partial charge in [-0.1, -0.05) is 73.5 Å². The number of hydrogen-bond acceptors (Lipinski definition) is 2. The van der Waals surface area contributed by atoms with Gasteiger partial charge in [-0.05, 0) is 98.4 Å². The molecule has 0 atom stereocenters. The second-order valence-electron chi connectivity index (χ2n) is 10.1. The molecule has 3 nitrogen and oxygen atoms in total. The van der Waals surface area contributed by atoms with E-state index in [0.29, 0.717) is 10.5 Å². The van der Waals surface area contributed by atoms with Crippen LogP contribution < -0.4 is 10.6 Å². The highest BCUT2D eigenvalue weighted by Gasteiger charge is 2.40. The maximum absolute atomic E-state index is 5.52. The zero-order valence-corrected chi connectivity index (χ0v) is 21.0. The highest BCUT2D eigenvalue weighted by atomic mass is 32.1. The van der Waals surface area contributed by atoms with Crippen LogP contribution in [0.1, 0.15) is 56.1 Å². The first kappa shape index (κ1) is 23.3. The maximum atomic E-state index is 5.52. The van der Waals surface area contributed by atoms with Crippen molar-refractivity contribution >= 4 is 33.8 Å². The van der Waals surface area contributed by atoms with Gasteiger partial charge in [0.05, 0.1) is 0 Å². The molecule has 3 aromatic rings. The van der Waals surface area contributed by atoms with Crippen LogP contribution in [0.5, 0.6) is 0 Å². The van der Waals surface area contributed by atoms with E-state index in [-0.39, 0.29) is 0 Å². The number of nitrogens with one attached hydrogen (secondary N) is 2. The highest BCUT2D eigenvalue weighted by molar-refractivity contribution is 7.80. The lowest BCUT2D eigenvalue weighted by molar-refractivity contribution is 0.156. The van der Waals surface area contributed by atoms with E-state index in [0.717, 1.165) is 18.7 Å². The molecule has 2 aliphatic rings. The number of benzene rings is 3. The standard InChI is InChI=1S/C30H37N3S/c34-29(32-28-15-9-12-24-10-3-5-13-26(24)28)31-20-7-1-2-8-21-33-22-18-30(19-23-33)17-16-25-11-4-6-14-27(25)30/h3-6,9-15H,1-2,7-8,16-23H2,(H2,31,32,34). The molecule has 1 aliphatic carbocycles. The molecule has 3 aromatic carbocycles. The fraction of sp³-hybridized carbons (Fsp3) is 0.433. The first-order chi connectivity index (χ1) is 16.7. The van der Waals surface area contributed by atoms with Crippen LogP contribution in [0.25, 0.3) is 10.8 Å². The zero-order chi connectivity index (χ0) is 23.2. The summed E-state index contributed by atoms with van der Waals surface area (Å²) >= 11 is 5.52. The van der Waals surface area contributed by atoms with Gasteiger partial charge in [0.1, 0.15) is 0 Å². The molecule has 1 saturated heterocycles. The Morgan fingerprint density at radius 1 is 0.824 bits per heavy atom. The van der Waals surface area contributed by atoms with E-state index in [4.69, 9.17) is 12.2 Å². The van der Waals surface area contributed by atoms with E-state index in [1.165, 1.54) is 75.4 Å². The predicted octanol–water partition coefficient (Wildman–Crippen LogP) is 6.67. The number of thiocarbonyl (C=S) groups is 1. The molecule has 1 spiro atoms. The van der Waals surface area contributed by atoms with Crippen molar-refractivity contribution in [3.05, 3.63) is 77.9 Å². The Bertz CT molecular complexity index is 1110. The summed E-state index contributed by atoms with van der Waals surface area (Å²) in [7, 11) is 0. The number of piperidine rings is 1. The molecular weight excluding hydrogens is 434 g/mol. The van der Waals surface area contributed by atoms with Gasteiger partial charge in [0.25, 0.3) is 0 Å². The lowest BCUT2D eigenvalue weighted by Crippen LogP contribution is -2.41. The largest absolute Gasteiger partial charge is 0.362 e. The molecule has 34 heavy (non-hydrogen) atoms. The molecular formula is C30H37N3S. The third-order valence-corrected chi connectivity index (χ3v) is 8.25. The summed E-state index contributed by atoms with van der Waals surface area (Å²) in [6.45, 7) is 4.72. The molecule has 1 aliphatic heterocycles. The van der Waals surface area contributed by atoms with Crippen LogP contribution in [0.15, 0.2) is 66.7 Å². The van der Waals surface area contributed by atoms with Gasteiger partial charge in [0.2, 0.25) is 0 Å². The van der Waals surface area contributed by atoms with Gasteiger partial charge < -0.3 is 15.5 Å². The lowest BCUT2D eigenvalue weighted by Gasteiger charge is -2.40. The van der Waals surface area contributed by atoms with E-state index >= 15 is 0 Å². The van der Waals surface area contributed by atoms with E-state index in [1.807, 2.05) is 0 Å². The minimum absolute atomic E-state index is 0.483. The molecule has 1 fully saturated rings. The monoisotopic (exact) mass is 471 g/mol. The van der Waals surface area contributed by atoms with Crippen molar-refractivity contribution in [1.82, 2.24) is 10.2 Å². The first-order valence-corrected chi connectivity index (χ1v) is 13.5. The summed E-state index contributed by atoms with van der Waals surface area (Å²) < 4.78 is 0. The van der Waals surface area contributed by atoms with Gasteiger partial charge in [-0.3, -0.25) is 0 Å². The fourth-order valence-corrected chi connectivity index (χ4v) is 6.22. The molecule has 2 N–H and O–H groups in total. The summed E-state index contributed by atoms with van der Waals surface area (Å²) in [5, 5.41) is 9.90. The van der Waals surface area contributed by atoms with Crippen LogP contribution >= 0.6 is 12.2 Å². The lowest BCUT2D eigenvalue weighted by atomic mass is 9.74. The summed E-state index contributed by atoms with van der Waals surface area (Å²) in [6, 6.07) is 23.9. The highest BCUT2D eigenvalue weighted by Crippen LogP contribution is 2.46. The van der Waals surface area contributed by atoms with Crippen molar-refractivity contribution in [1.29, 1.82) is 0 Å². The van der Waals surface area contributed by atoms with Crippen molar-refractivity contribution in [2.75, 3.05) is 31.5 Å². The van der Waals surface area contributed by atoms with E-state index in [2.05, 4.69) is 82.3 Å². The molecule has 0 aromatic heterocycles. The smallest absolute Gasteiger partial charge is 0.170 e. The Hall–Kier alpha value is -2.43. The maximum Gasteiger partial charge on any atom is 0.170 e. The summed E-state index contributed by atoms with van der Waals surface area (Å²) in [5.41, 5.74) is 4.82. The average Bonchev–Trinajstić information content (AvgIpc) is 3.23. The Morgan fingerprint density at radius 3 is 2.50 bits per heavy atom. The van der Waals surface area contributed by atoms with Crippen LogP contribution in [0.3, 0.4) is 0 Å². The number of rotatable bonds is 8. The normalized spacial score (nSPS) is 17.1. The summed E-state index contributed by atoms with van der Waals surface area (Å²) in [4.78, 5) is 2.70. The van der Waals surface area contributed by atoms with Gasteiger partial charge in [-0.15, -0.1) is 0 Å². The van der Waals surface area contributed by atoms with Crippen molar-refractivity contribution in [3.63, 3.8) is 0 Å². The Labute approximate surface area is 209 Å². The van der Waals surface area contributed by atoms with Crippen LogP contribution in [0.2, 0.25) is 0 Å². The number of fused-ring (bicyclic) bond motifs is 3. The van der Waals surface area contributed by atoms with Gasteiger partial charge >= 0.3 is 0 Å². The van der Waals surface area contributed by atoms with Crippen molar-refractivity contribution < 1.29 is 0 Å². The first-order valence-electron chi connectivity index (χ1n) is 13.1. The van der Waals surface area contributed by atoms with E-state index in [1.54, 1.807) is 11.1 Å². The Kier molecular flexibility index (Phi) is 7.46. The number of likely N-dealkylation sites (tertiary alicyclic amines) is 1. The summed E-state index contributed by atoms with van der Waals surface area (Å²) in [6.07, 6.45) is 10.4. The van der Waals surface area contributed by atoms with Crippen LogP contribution in [0, 0.1) is 0 Å². The van der Waals surface area contributed by atoms with Crippen LogP contribution in [-0.2, 0) is 11.8 Å². The van der Waals surface area contributed by atoms with Crippen LogP contribution in [-0.4, -0.2) is 36.2 Å². The Balaban J connectivity index is 0.953. The molecule has 178 valence electrons. The van der Waals surface area contributed by atoms with E-state index in [9.17, 15) is 0 Å². The van der Waals surface area contributed by atoms with Crippen molar-refractivity contribution in [3.8, 4) is 0 Å². The molecule has 0 bridgehead atoms. The number of aryl methyl sites for hydroxylation is 1. The number of unbranched alkanes of at least 4 members (excludes halogenated alkanes) is 3. The fourth-order valence-electron chi connectivity index (χ4n) is 6.01. The van der Waals surface area contributed by atoms with Gasteiger partial charge in [0.15, 0.2) is 5.11 Å². The number of nitrogens with zero attached hydrogens (tertiary/aromatic N) is 1. The third-order valence-electron chi connectivity index (χ3n) is 8.00. The van der Waals surface area contributed by atoms with Crippen LogP contribution in [0.4, 0.5) is 5.69 Å². The van der Waals surface area contributed by atoms with Gasteiger partial charge in [-0.2, -0.15) is 0 Å². The third kappa shape index (κ3) is 5.29. The van der Waals surface area contributed by atoms with E-state index < -0.39 is 0 Å². The summed E-state index contributed by atoms with van der Waals surface area (Å²) in [5.74, 6) is 0. The minimum Gasteiger partial charge on any atom is -0.362 e. The molecule has 0 unspecified atom stereocenters. The molecule has 0 saturated carbocycles. The predicted molar refractivity (Wildman–Crippen MR) is 149 cm³/mol. The molecule has 1 heterocycles. The molecule has 5 rings (SSSR count). The average molecular weight is 472 g/mol. The Morgan fingerprint density at radius 2 is 1.59 bits per heavy atom. The minimum atomic E-state index is 0.483. The second kappa shape index (κ2) is 10.9. The number of hydrogen-bond donors (Lipinski definition) is 2. The van der Waals surface area contributed by atoms with Crippen molar-refractivity contribution in [2.45, 2.75) is 56.8 Å². The van der Waals surface area contributed by atoms with Gasteiger partial charge in [-0.25, -0.2) is 0 Å². The zero-order valence-electron chi connectivity index (χ0n) is 20.2. The second-order valence-corrected chi connectivity index (χ2v) is 10.5. The molecule has 0 radical (unpaired) electrons. The van der Waals surface area contributed by atoms with Gasteiger partial charge in [0, 0.05) is 17.6 Å². The topological polar surface area (TPSA) is 27.3 Å². The molecule has 0 amide bonds. The quantitative estimate of drug-likeness (QED) is 0.283. The molecule has 4 heteroatoms.